The molecule has 0 amide bonds. The SMILES string of the molecule is O=C(CSc1ccc(F)c(F)c1)Oc1ccc2ccccc2c1CN1CCOCC1. The van der Waals surface area contributed by atoms with Crippen LogP contribution in [0.2, 0.25) is 0 Å². The molecule has 0 aromatic heterocycles. The molecule has 3 aromatic rings. The van der Waals surface area contributed by atoms with Gasteiger partial charge in [0.15, 0.2) is 11.6 Å². The van der Waals surface area contributed by atoms with Gasteiger partial charge in [0.25, 0.3) is 0 Å². The van der Waals surface area contributed by atoms with Gasteiger partial charge in [-0.05, 0) is 35.0 Å². The topological polar surface area (TPSA) is 38.8 Å². The van der Waals surface area contributed by atoms with Crippen molar-refractivity contribution in [3.8, 4) is 5.75 Å². The molecule has 1 fully saturated rings. The lowest BCUT2D eigenvalue weighted by atomic mass is 10.0. The highest BCUT2D eigenvalue weighted by molar-refractivity contribution is 8.00. The van der Waals surface area contributed by atoms with Crippen LogP contribution < -0.4 is 4.74 Å². The van der Waals surface area contributed by atoms with Gasteiger partial charge in [0.2, 0.25) is 0 Å². The number of ether oxygens (including phenoxy) is 2. The van der Waals surface area contributed by atoms with Crippen LogP contribution in [-0.2, 0) is 16.1 Å². The third kappa shape index (κ3) is 4.98. The van der Waals surface area contributed by atoms with Gasteiger partial charge in [-0.2, -0.15) is 0 Å². The molecule has 0 N–H and O–H groups in total. The Morgan fingerprint density at radius 3 is 2.63 bits per heavy atom. The first-order valence-electron chi connectivity index (χ1n) is 9.69. The van der Waals surface area contributed by atoms with Gasteiger partial charge < -0.3 is 9.47 Å². The minimum atomic E-state index is -0.935. The zero-order valence-electron chi connectivity index (χ0n) is 16.3. The number of halogens is 2. The number of carbonyl (C=O) groups excluding carboxylic acids is 1. The maximum absolute atomic E-state index is 13.4. The van der Waals surface area contributed by atoms with E-state index in [-0.39, 0.29) is 5.75 Å². The van der Waals surface area contributed by atoms with Crippen molar-refractivity contribution in [1.82, 2.24) is 4.90 Å². The maximum atomic E-state index is 13.4. The van der Waals surface area contributed by atoms with Crippen molar-refractivity contribution < 1.29 is 23.0 Å². The molecule has 1 saturated heterocycles. The summed E-state index contributed by atoms with van der Waals surface area (Å²) in [5.41, 5.74) is 0.959. The van der Waals surface area contributed by atoms with Crippen molar-refractivity contribution in [2.24, 2.45) is 0 Å². The fourth-order valence-electron chi connectivity index (χ4n) is 3.42. The highest BCUT2D eigenvalue weighted by Crippen LogP contribution is 2.30. The van der Waals surface area contributed by atoms with Gasteiger partial charge in [0.05, 0.1) is 19.0 Å². The molecule has 0 radical (unpaired) electrons. The Hall–Kier alpha value is -2.48. The molecule has 1 aliphatic heterocycles. The molecule has 0 saturated carbocycles. The molecule has 0 aliphatic carbocycles. The summed E-state index contributed by atoms with van der Waals surface area (Å²) in [5.74, 6) is -1.77. The summed E-state index contributed by atoms with van der Waals surface area (Å²) in [7, 11) is 0. The Labute approximate surface area is 177 Å². The second-order valence-corrected chi connectivity index (χ2v) is 8.04. The van der Waals surface area contributed by atoms with E-state index in [9.17, 15) is 13.6 Å². The van der Waals surface area contributed by atoms with Gasteiger partial charge in [-0.15, -0.1) is 11.8 Å². The number of morpholine rings is 1. The number of benzene rings is 3. The van der Waals surface area contributed by atoms with Crippen LogP contribution in [0.25, 0.3) is 10.8 Å². The molecule has 1 heterocycles. The molecule has 0 spiro atoms. The molecule has 7 heteroatoms. The van der Waals surface area contributed by atoms with Crippen LogP contribution in [0.5, 0.6) is 5.75 Å². The van der Waals surface area contributed by atoms with E-state index in [0.717, 1.165) is 53.3 Å². The molecule has 3 aromatic carbocycles. The first-order chi connectivity index (χ1) is 14.6. The van der Waals surface area contributed by atoms with Gasteiger partial charge >= 0.3 is 5.97 Å². The van der Waals surface area contributed by atoms with Crippen LogP contribution in [0.15, 0.2) is 59.5 Å². The fraction of sp³-hybridized carbons (Fsp3) is 0.261. The van der Waals surface area contributed by atoms with Crippen LogP contribution in [0.4, 0.5) is 8.78 Å². The Kier molecular flexibility index (Phi) is 6.62. The molecule has 1 aliphatic rings. The molecule has 0 atom stereocenters. The number of rotatable bonds is 6. The second kappa shape index (κ2) is 9.55. The summed E-state index contributed by atoms with van der Waals surface area (Å²) in [6.45, 7) is 3.67. The molecule has 4 nitrogen and oxygen atoms in total. The lowest BCUT2D eigenvalue weighted by molar-refractivity contribution is -0.131. The smallest absolute Gasteiger partial charge is 0.321 e. The van der Waals surface area contributed by atoms with Crippen LogP contribution in [0.3, 0.4) is 0 Å². The van der Waals surface area contributed by atoms with Crippen molar-refractivity contribution in [1.29, 1.82) is 0 Å². The van der Waals surface area contributed by atoms with E-state index in [1.165, 1.54) is 6.07 Å². The molecular weight excluding hydrogens is 408 g/mol. The zero-order chi connectivity index (χ0) is 20.9. The van der Waals surface area contributed by atoms with Crippen molar-refractivity contribution in [2.45, 2.75) is 11.4 Å². The number of nitrogens with zero attached hydrogens (tertiary/aromatic N) is 1. The molecule has 0 bridgehead atoms. The number of carbonyl (C=O) groups is 1. The van der Waals surface area contributed by atoms with E-state index in [1.807, 2.05) is 36.4 Å². The van der Waals surface area contributed by atoms with Crippen LogP contribution in [0.1, 0.15) is 5.56 Å². The lowest BCUT2D eigenvalue weighted by Crippen LogP contribution is -2.35. The first-order valence-corrected chi connectivity index (χ1v) is 10.7. The number of fused-ring (bicyclic) bond motifs is 1. The first kappa shape index (κ1) is 20.8. The van der Waals surface area contributed by atoms with E-state index in [4.69, 9.17) is 9.47 Å². The van der Waals surface area contributed by atoms with Gasteiger partial charge in [0, 0.05) is 30.1 Å². The molecular formula is C23H21F2NO3S. The molecule has 156 valence electrons. The van der Waals surface area contributed by atoms with E-state index >= 15 is 0 Å². The average Bonchev–Trinajstić information content (AvgIpc) is 2.77. The monoisotopic (exact) mass is 429 g/mol. The highest BCUT2D eigenvalue weighted by Gasteiger charge is 2.18. The number of hydrogen-bond acceptors (Lipinski definition) is 5. The predicted molar refractivity (Wildman–Crippen MR) is 113 cm³/mol. The second-order valence-electron chi connectivity index (χ2n) is 6.99. The lowest BCUT2D eigenvalue weighted by Gasteiger charge is -2.27. The van der Waals surface area contributed by atoms with Crippen molar-refractivity contribution in [3.63, 3.8) is 0 Å². The summed E-state index contributed by atoms with van der Waals surface area (Å²) >= 11 is 1.11. The number of thioether (sulfide) groups is 1. The predicted octanol–water partition coefficient (Wildman–Crippen LogP) is 4.65. The Balaban J connectivity index is 1.51. The Morgan fingerprint density at radius 1 is 1.03 bits per heavy atom. The standard InChI is InChI=1S/C23H21F2NO3S/c24-20-7-6-17(13-21(20)25)30-15-23(27)29-22-8-5-16-3-1-2-4-18(16)19(22)14-26-9-11-28-12-10-26/h1-8,13H,9-12,14-15H2. The summed E-state index contributed by atoms with van der Waals surface area (Å²) in [4.78, 5) is 15.2. The fourth-order valence-corrected chi connectivity index (χ4v) is 4.11. The van der Waals surface area contributed by atoms with Crippen LogP contribution in [-0.4, -0.2) is 42.9 Å². The van der Waals surface area contributed by atoms with Crippen molar-refractivity contribution >= 4 is 28.5 Å². The summed E-state index contributed by atoms with van der Waals surface area (Å²) in [5, 5.41) is 2.12. The minimum Gasteiger partial charge on any atom is -0.426 e. The van der Waals surface area contributed by atoms with Gasteiger partial charge in [-0.1, -0.05) is 30.3 Å². The summed E-state index contributed by atoms with van der Waals surface area (Å²) in [6, 6.07) is 15.3. The van der Waals surface area contributed by atoms with Crippen LogP contribution in [0, 0.1) is 11.6 Å². The van der Waals surface area contributed by atoms with E-state index in [2.05, 4.69) is 4.90 Å². The van der Waals surface area contributed by atoms with Gasteiger partial charge in [-0.3, -0.25) is 9.69 Å². The van der Waals surface area contributed by atoms with Gasteiger partial charge in [-0.25, -0.2) is 8.78 Å². The molecule has 4 rings (SSSR count). The molecule has 0 unspecified atom stereocenters. The maximum Gasteiger partial charge on any atom is 0.321 e. The third-order valence-electron chi connectivity index (χ3n) is 4.95. The number of hydrogen-bond donors (Lipinski definition) is 0. The van der Waals surface area contributed by atoms with Crippen molar-refractivity contribution in [3.05, 3.63) is 71.8 Å². The van der Waals surface area contributed by atoms with Crippen molar-refractivity contribution in [2.75, 3.05) is 32.1 Å². The average molecular weight is 429 g/mol. The summed E-state index contributed by atoms with van der Waals surface area (Å²) in [6.07, 6.45) is 0. The van der Waals surface area contributed by atoms with E-state index < -0.39 is 17.6 Å². The quantitative estimate of drug-likeness (QED) is 0.324. The molecule has 30 heavy (non-hydrogen) atoms. The summed E-state index contributed by atoms with van der Waals surface area (Å²) < 4.78 is 37.5. The number of esters is 1. The third-order valence-corrected chi connectivity index (χ3v) is 5.92. The Morgan fingerprint density at radius 2 is 1.83 bits per heavy atom. The Bertz CT molecular complexity index is 1050. The highest BCUT2D eigenvalue weighted by atomic mass is 32.2. The van der Waals surface area contributed by atoms with Crippen LogP contribution >= 0.6 is 11.8 Å². The van der Waals surface area contributed by atoms with E-state index in [1.54, 1.807) is 0 Å². The van der Waals surface area contributed by atoms with Gasteiger partial charge in [0.1, 0.15) is 5.75 Å². The normalized spacial score (nSPS) is 14.7. The van der Waals surface area contributed by atoms with E-state index in [0.29, 0.717) is 30.4 Å². The minimum absolute atomic E-state index is 0.00507. The largest absolute Gasteiger partial charge is 0.426 e. The zero-order valence-corrected chi connectivity index (χ0v) is 17.1.